The van der Waals surface area contributed by atoms with Gasteiger partial charge in [0.25, 0.3) is 0 Å². The van der Waals surface area contributed by atoms with Gasteiger partial charge in [0.15, 0.2) is 0 Å². The largest absolute Gasteiger partial charge is 0.396 e. The summed E-state index contributed by atoms with van der Waals surface area (Å²) in [6, 6.07) is -0.208. The summed E-state index contributed by atoms with van der Waals surface area (Å²) in [6.07, 6.45) is 0.717. The van der Waals surface area contributed by atoms with Crippen molar-refractivity contribution in [1.29, 1.82) is 0 Å². The number of amides is 1. The lowest BCUT2D eigenvalue weighted by Gasteiger charge is -2.43. The Labute approximate surface area is 128 Å². The summed E-state index contributed by atoms with van der Waals surface area (Å²) >= 11 is 0. The molecule has 1 aliphatic carbocycles. The molecule has 1 fully saturated rings. The van der Waals surface area contributed by atoms with Gasteiger partial charge < -0.3 is 20.3 Å². The van der Waals surface area contributed by atoms with E-state index in [-0.39, 0.29) is 41.9 Å². The summed E-state index contributed by atoms with van der Waals surface area (Å²) in [6.45, 7) is 10.4. The highest BCUT2D eigenvalue weighted by Gasteiger charge is 2.42. The Morgan fingerprint density at radius 3 is 2.48 bits per heavy atom. The Morgan fingerprint density at radius 2 is 2.00 bits per heavy atom. The molecule has 0 aliphatic heterocycles. The molecule has 0 radical (unpaired) electrons. The van der Waals surface area contributed by atoms with Crippen LogP contribution in [0.3, 0.4) is 0 Å². The van der Waals surface area contributed by atoms with Crippen LogP contribution < -0.4 is 5.32 Å². The van der Waals surface area contributed by atoms with Crippen molar-refractivity contribution in [3.05, 3.63) is 0 Å². The molecule has 0 heterocycles. The molecule has 0 spiro atoms. The molecule has 5 heteroatoms. The first kappa shape index (κ1) is 18.4. The van der Waals surface area contributed by atoms with E-state index in [4.69, 9.17) is 4.74 Å². The molecule has 124 valence electrons. The van der Waals surface area contributed by atoms with Gasteiger partial charge in [-0.2, -0.15) is 0 Å². The average Bonchev–Trinajstić information content (AvgIpc) is 2.35. The lowest BCUT2D eigenvalue weighted by Crippen LogP contribution is -2.57. The molecular weight excluding hydrogens is 270 g/mol. The second-order valence-electron chi connectivity index (χ2n) is 7.47. The summed E-state index contributed by atoms with van der Waals surface area (Å²) in [7, 11) is 0. The number of carbonyl (C=O) groups is 1. The molecule has 0 saturated heterocycles. The smallest absolute Gasteiger partial charge is 0.217 e. The number of nitrogens with one attached hydrogen (secondary N) is 1. The molecule has 0 aromatic rings. The summed E-state index contributed by atoms with van der Waals surface area (Å²) in [5.41, 5.74) is 0.194. The van der Waals surface area contributed by atoms with Gasteiger partial charge in [0, 0.05) is 32.0 Å². The number of hydrogen-bond acceptors (Lipinski definition) is 4. The van der Waals surface area contributed by atoms with Crippen LogP contribution in [0.4, 0.5) is 0 Å². The highest BCUT2D eigenvalue weighted by atomic mass is 16.5. The predicted octanol–water partition coefficient (Wildman–Crippen LogP) is 1.32. The van der Waals surface area contributed by atoms with E-state index >= 15 is 0 Å². The topological polar surface area (TPSA) is 78.8 Å². The van der Waals surface area contributed by atoms with Crippen LogP contribution in [0.2, 0.25) is 0 Å². The third-order valence-corrected chi connectivity index (χ3v) is 4.31. The molecule has 0 aromatic heterocycles. The van der Waals surface area contributed by atoms with Crippen molar-refractivity contribution in [2.24, 2.45) is 17.3 Å². The molecule has 21 heavy (non-hydrogen) atoms. The maximum atomic E-state index is 11.4. The third kappa shape index (κ3) is 5.57. The average molecular weight is 301 g/mol. The van der Waals surface area contributed by atoms with Gasteiger partial charge in [-0.05, 0) is 18.3 Å². The first-order valence-electron chi connectivity index (χ1n) is 7.83. The lowest BCUT2D eigenvalue weighted by atomic mass is 9.75. The lowest BCUT2D eigenvalue weighted by molar-refractivity contribution is -0.128. The van der Waals surface area contributed by atoms with Gasteiger partial charge in [-0.25, -0.2) is 0 Å². The molecule has 5 unspecified atom stereocenters. The van der Waals surface area contributed by atoms with Crippen molar-refractivity contribution in [2.75, 3.05) is 13.2 Å². The van der Waals surface area contributed by atoms with Gasteiger partial charge >= 0.3 is 0 Å². The third-order valence-electron chi connectivity index (χ3n) is 4.31. The Hall–Kier alpha value is -0.650. The van der Waals surface area contributed by atoms with Crippen molar-refractivity contribution in [3.63, 3.8) is 0 Å². The molecule has 0 bridgehead atoms. The fraction of sp³-hybridized carbons (Fsp3) is 0.938. The summed E-state index contributed by atoms with van der Waals surface area (Å²) in [5.74, 6) is -0.449. The molecule has 5 nitrogen and oxygen atoms in total. The Morgan fingerprint density at radius 1 is 1.38 bits per heavy atom. The van der Waals surface area contributed by atoms with E-state index in [9.17, 15) is 15.0 Å². The number of carbonyl (C=O) groups excluding carboxylic acids is 1. The van der Waals surface area contributed by atoms with E-state index in [0.29, 0.717) is 13.0 Å². The van der Waals surface area contributed by atoms with Crippen LogP contribution in [0.25, 0.3) is 0 Å². The van der Waals surface area contributed by atoms with Crippen LogP contribution in [0.5, 0.6) is 0 Å². The van der Waals surface area contributed by atoms with Crippen LogP contribution in [-0.2, 0) is 9.53 Å². The molecule has 1 aliphatic rings. The minimum absolute atomic E-state index is 0.0581. The van der Waals surface area contributed by atoms with Crippen molar-refractivity contribution < 1.29 is 19.7 Å². The van der Waals surface area contributed by atoms with Gasteiger partial charge in [0.1, 0.15) is 0 Å². The molecule has 0 aromatic carbocycles. The van der Waals surface area contributed by atoms with E-state index in [0.717, 1.165) is 6.42 Å². The zero-order chi connectivity index (χ0) is 16.2. The minimum atomic E-state index is -0.616. The van der Waals surface area contributed by atoms with E-state index < -0.39 is 6.10 Å². The molecule has 1 saturated carbocycles. The molecule has 1 amide bonds. The van der Waals surface area contributed by atoms with Crippen LogP contribution in [0, 0.1) is 17.3 Å². The van der Waals surface area contributed by atoms with Gasteiger partial charge in [0.05, 0.1) is 18.2 Å². The molecular formula is C16H31NO4. The zero-order valence-corrected chi connectivity index (χ0v) is 13.9. The number of ether oxygens (including phenoxy) is 1. The SMILES string of the molecule is CC(=O)NC1C(OCCC(C)(C)C)CC(CO)C(O)C1C. The summed E-state index contributed by atoms with van der Waals surface area (Å²) in [5, 5.41) is 22.5. The van der Waals surface area contributed by atoms with Crippen LogP contribution >= 0.6 is 0 Å². The fourth-order valence-corrected chi connectivity index (χ4v) is 2.89. The Kier molecular flexibility index (Phi) is 6.63. The van der Waals surface area contributed by atoms with E-state index in [1.165, 1.54) is 6.92 Å². The highest BCUT2D eigenvalue weighted by molar-refractivity contribution is 5.73. The summed E-state index contributed by atoms with van der Waals surface area (Å²) < 4.78 is 5.99. The van der Waals surface area contributed by atoms with Crippen molar-refractivity contribution in [1.82, 2.24) is 5.32 Å². The first-order chi connectivity index (χ1) is 9.65. The Bertz CT molecular complexity index is 340. The molecule has 5 atom stereocenters. The van der Waals surface area contributed by atoms with Gasteiger partial charge in [-0.1, -0.05) is 27.7 Å². The monoisotopic (exact) mass is 301 g/mol. The standard InChI is InChI=1S/C16H31NO4/c1-10-14(17-11(2)19)13(8-12(9-18)15(10)20)21-7-6-16(3,4)5/h10,12-15,18,20H,6-9H2,1-5H3,(H,17,19). The minimum Gasteiger partial charge on any atom is -0.396 e. The summed E-state index contributed by atoms with van der Waals surface area (Å²) in [4.78, 5) is 11.4. The second kappa shape index (κ2) is 7.56. The number of aliphatic hydroxyl groups is 2. The first-order valence-corrected chi connectivity index (χ1v) is 7.83. The maximum absolute atomic E-state index is 11.4. The van der Waals surface area contributed by atoms with E-state index in [1.54, 1.807) is 0 Å². The quantitative estimate of drug-likeness (QED) is 0.715. The van der Waals surface area contributed by atoms with Crippen molar-refractivity contribution in [2.45, 2.75) is 65.7 Å². The fourth-order valence-electron chi connectivity index (χ4n) is 2.89. The second-order valence-corrected chi connectivity index (χ2v) is 7.47. The van der Waals surface area contributed by atoms with E-state index in [1.807, 2.05) is 6.92 Å². The predicted molar refractivity (Wildman–Crippen MR) is 81.8 cm³/mol. The maximum Gasteiger partial charge on any atom is 0.217 e. The van der Waals surface area contributed by atoms with Gasteiger partial charge in [0.2, 0.25) is 5.91 Å². The zero-order valence-electron chi connectivity index (χ0n) is 13.9. The number of hydrogen-bond donors (Lipinski definition) is 3. The van der Waals surface area contributed by atoms with Gasteiger partial charge in [-0.15, -0.1) is 0 Å². The molecule has 3 N–H and O–H groups in total. The number of rotatable bonds is 5. The van der Waals surface area contributed by atoms with Crippen LogP contribution in [0.15, 0.2) is 0 Å². The van der Waals surface area contributed by atoms with Crippen LogP contribution in [-0.4, -0.2) is 47.6 Å². The van der Waals surface area contributed by atoms with Crippen LogP contribution in [0.1, 0.15) is 47.5 Å². The normalized spacial score (nSPS) is 33.8. The van der Waals surface area contributed by atoms with E-state index in [2.05, 4.69) is 26.1 Å². The van der Waals surface area contributed by atoms with Crippen molar-refractivity contribution in [3.8, 4) is 0 Å². The number of aliphatic hydroxyl groups excluding tert-OH is 2. The van der Waals surface area contributed by atoms with Gasteiger partial charge in [-0.3, -0.25) is 4.79 Å². The molecule has 1 rings (SSSR count). The highest BCUT2D eigenvalue weighted by Crippen LogP contribution is 2.32. The Balaban J connectivity index is 2.71. The van der Waals surface area contributed by atoms with Crippen molar-refractivity contribution >= 4 is 5.91 Å².